The van der Waals surface area contributed by atoms with Gasteiger partial charge in [0, 0.05) is 23.8 Å². The molecule has 31 heteroatoms. The highest BCUT2D eigenvalue weighted by molar-refractivity contribution is 5.88. The molecule has 0 saturated carbocycles. The third-order valence-electron chi connectivity index (χ3n) is 14.5. The first-order valence-electron chi connectivity index (χ1n) is 26.9. The van der Waals surface area contributed by atoms with Crippen molar-refractivity contribution in [3.63, 3.8) is 0 Å². The molecule has 31 nitrogen and oxygen atoms in total. The Balaban J connectivity index is 0.983. The quantitative estimate of drug-likeness (QED) is 0.0163. The molecule has 5 heterocycles. The summed E-state index contributed by atoms with van der Waals surface area (Å²) in [6.07, 6.45) is -33.2. The normalized spacial score (nSPS) is 32.6. The summed E-state index contributed by atoms with van der Waals surface area (Å²) < 4.78 is 63.7. The summed E-state index contributed by atoms with van der Waals surface area (Å²) in [5.74, 6) is -5.10. The number of carbonyl (C=O) groups excluding carboxylic acids is 2. The smallest absolute Gasteiger partial charge is 0.508 e. The van der Waals surface area contributed by atoms with Crippen molar-refractivity contribution in [3.8, 4) is 62.9 Å². The predicted molar refractivity (Wildman–Crippen MR) is 290 cm³/mol. The SMILES string of the molecule is O=C(C=Cc1ccc(O)c(O[C@@H]2O[C@@H](CO)[C@@H](O)[C@H](O)[C@@H]2O)c1)OC[C@H]1O[C@@H](O[C@@H]2[C@H](Oc3cc4c(O[C@@H]5O[C@@H](CO)[C@@H](O)[C@H](O)[C@@H]5O)cc(=O)cc-4oc3-c3ccc(O)cc3)O[C@H](COC(=[OH+])C=Cc3ccc(O)c(O)c3)[C@@H](O)[C@@H]2O)[C@H](O)[C@@H](O)[C@@H]1O. The third kappa shape index (κ3) is 14.4. The maximum atomic E-state index is 13.2. The van der Waals surface area contributed by atoms with Crippen LogP contribution in [0.5, 0.6) is 40.2 Å². The van der Waals surface area contributed by atoms with Crippen molar-refractivity contribution < 1.29 is 148 Å². The number of aliphatic hydroxyl groups is 13. The van der Waals surface area contributed by atoms with E-state index in [1.54, 1.807) is 0 Å². The molecule has 0 unspecified atom stereocenters. The summed E-state index contributed by atoms with van der Waals surface area (Å²) in [6.45, 7) is -3.25. The second-order valence-corrected chi connectivity index (χ2v) is 20.6. The molecular weight excluding hydrogens is 1180 g/mol. The highest BCUT2D eigenvalue weighted by Crippen LogP contribution is 2.44. The van der Waals surface area contributed by atoms with Crippen molar-refractivity contribution >= 4 is 24.1 Å². The van der Waals surface area contributed by atoms with E-state index < -0.39 is 195 Å². The van der Waals surface area contributed by atoms with Crippen molar-refractivity contribution in [2.24, 2.45) is 0 Å². The van der Waals surface area contributed by atoms with Crippen molar-refractivity contribution in [3.05, 3.63) is 112 Å². The zero-order chi connectivity index (χ0) is 63.4. The number of aromatic hydroxyl groups is 4. The first kappa shape index (κ1) is 64.9. The van der Waals surface area contributed by atoms with Crippen LogP contribution in [0.2, 0.25) is 0 Å². The van der Waals surface area contributed by atoms with Gasteiger partial charge < -0.3 is 143 Å². The second kappa shape index (κ2) is 27.8. The molecule has 0 bridgehead atoms. The van der Waals surface area contributed by atoms with E-state index in [2.05, 4.69) is 0 Å². The number of esters is 2. The number of fused-ring (bicyclic) bond motifs is 1. The first-order chi connectivity index (χ1) is 41.9. The third-order valence-corrected chi connectivity index (χ3v) is 14.5. The van der Waals surface area contributed by atoms with Gasteiger partial charge in [0.2, 0.25) is 25.5 Å². The van der Waals surface area contributed by atoms with Crippen molar-refractivity contribution in [1.29, 1.82) is 0 Å². The number of carbonyl (C=O) groups is 1. The summed E-state index contributed by atoms with van der Waals surface area (Å²) in [7, 11) is 0. The fourth-order valence-corrected chi connectivity index (χ4v) is 9.60. The Morgan fingerprint density at radius 3 is 1.61 bits per heavy atom. The Hall–Kier alpha value is -7.61. The lowest BCUT2D eigenvalue weighted by Gasteiger charge is -2.45. The topological polar surface area (TPSA) is 505 Å². The average Bonchev–Trinajstić information content (AvgIpc) is 3.53. The molecule has 20 atom stereocenters. The van der Waals surface area contributed by atoms with E-state index in [9.17, 15) is 101 Å². The summed E-state index contributed by atoms with van der Waals surface area (Å²) in [6, 6.07) is 15.7. The Morgan fingerprint density at radius 1 is 0.489 bits per heavy atom. The van der Waals surface area contributed by atoms with Gasteiger partial charge in [-0.3, -0.25) is 4.79 Å². The number of rotatable bonds is 19. The van der Waals surface area contributed by atoms with Gasteiger partial charge in [0.05, 0.1) is 24.9 Å². The largest absolute Gasteiger partial charge is 0.510 e. The van der Waals surface area contributed by atoms with Crippen LogP contribution >= 0.6 is 0 Å². The van der Waals surface area contributed by atoms with Gasteiger partial charge in [0.25, 0.3) is 0 Å². The molecule has 6 aliphatic rings. The van der Waals surface area contributed by atoms with Gasteiger partial charge in [0.15, 0.2) is 58.4 Å². The van der Waals surface area contributed by atoms with Crippen molar-refractivity contribution in [2.75, 3.05) is 26.4 Å². The minimum atomic E-state index is -2.19. The maximum absolute atomic E-state index is 13.2. The van der Waals surface area contributed by atoms with Crippen molar-refractivity contribution in [1.82, 2.24) is 0 Å². The Kier molecular flexibility index (Phi) is 20.5. The van der Waals surface area contributed by atoms with Crippen LogP contribution in [-0.2, 0) is 38.0 Å². The van der Waals surface area contributed by atoms with E-state index in [1.165, 1.54) is 66.7 Å². The molecular formula is C57H63O31+. The Morgan fingerprint density at radius 2 is 1.00 bits per heavy atom. The number of ether oxygens (including phenoxy) is 10. The fourth-order valence-electron chi connectivity index (χ4n) is 9.60. The van der Waals surface area contributed by atoms with Gasteiger partial charge >= 0.3 is 11.9 Å². The fraction of sp³-hybridized carbons (Fsp3) is 0.421. The molecule has 0 spiro atoms. The zero-order valence-corrected chi connectivity index (χ0v) is 45.5. The molecule has 18 N–H and O–H groups in total. The van der Waals surface area contributed by atoms with Gasteiger partial charge in [-0.2, -0.15) is 0 Å². The average molecular weight is 1240 g/mol. The molecule has 0 amide bonds. The summed E-state index contributed by atoms with van der Waals surface area (Å²) in [5, 5.41) is 179. The van der Waals surface area contributed by atoms with Crippen LogP contribution in [0.4, 0.5) is 0 Å². The minimum Gasteiger partial charge on any atom is -0.508 e. The molecule has 5 aliphatic heterocycles. The molecule has 0 aromatic heterocycles. The van der Waals surface area contributed by atoms with Crippen LogP contribution in [0.25, 0.3) is 34.8 Å². The van der Waals surface area contributed by atoms with Crippen LogP contribution in [0.15, 0.2) is 100 Å². The Labute approximate surface area is 495 Å². The van der Waals surface area contributed by atoms with Gasteiger partial charge in [-0.05, 0) is 77.9 Å². The van der Waals surface area contributed by atoms with E-state index in [4.69, 9.17) is 51.8 Å². The number of phenolic OH excluding ortho intramolecular Hbond substituents is 4. The molecule has 3 aromatic rings. The van der Waals surface area contributed by atoms with E-state index in [-0.39, 0.29) is 45.3 Å². The first-order valence-corrected chi connectivity index (χ1v) is 26.9. The highest BCUT2D eigenvalue weighted by Gasteiger charge is 2.53. The van der Waals surface area contributed by atoms with E-state index in [0.29, 0.717) is 0 Å². The molecule has 476 valence electrons. The van der Waals surface area contributed by atoms with Crippen LogP contribution < -0.4 is 19.6 Å². The summed E-state index contributed by atoms with van der Waals surface area (Å²) >= 11 is 0. The number of aliphatic hydroxyl groups excluding tert-OH is 13. The number of hydrogen-bond donors (Lipinski definition) is 17. The van der Waals surface area contributed by atoms with E-state index in [1.807, 2.05) is 0 Å². The van der Waals surface area contributed by atoms with Crippen LogP contribution in [0.1, 0.15) is 11.1 Å². The molecule has 88 heavy (non-hydrogen) atoms. The van der Waals surface area contributed by atoms with Crippen LogP contribution in [0.3, 0.4) is 0 Å². The highest BCUT2D eigenvalue weighted by atomic mass is 16.8. The van der Waals surface area contributed by atoms with E-state index >= 15 is 0 Å². The minimum absolute atomic E-state index is 0.133. The molecule has 0 radical (unpaired) electrons. The van der Waals surface area contributed by atoms with Gasteiger partial charge in [-0.15, -0.1) is 0 Å². The second-order valence-electron chi connectivity index (χ2n) is 20.6. The summed E-state index contributed by atoms with van der Waals surface area (Å²) in [5.41, 5.74) is -0.288. The lowest BCUT2D eigenvalue weighted by molar-refractivity contribution is -0.357. The predicted octanol–water partition coefficient (Wildman–Crippen LogP) is -3.90. The number of hydrogen-bond acceptors (Lipinski definition) is 30. The standard InChI is InChI=1S/C57H62O31/c58-18-35-41(67)45(71)49(75)54(84-35)81-32-16-26(61)15-31-27(32)17-34(52(80-31)24-5-7-25(60)8-6-24)83-57-53(48(74)44(70)38(87-57)21-79-39(65)11-3-22-1-9-28(62)30(64)13-22)88-56-51(77)47(73)43(69)37(86-56)20-78-40(66)12-4-23-2-10-29(63)33(14-23)82-55-50(76)46(72)42(68)36(19-59)85-55/h1-17,35-38,41-51,53-60,62-64,67-77H,18-21H2/p+1/t35-,36-,37+,38+,41+,42+,43+,44+,45-,46-,47-,48-,49-,50-,51+,53-,54+,55+,56-,57+/m0/s1. The maximum Gasteiger partial charge on any atom is 0.510 e. The van der Waals surface area contributed by atoms with Gasteiger partial charge in [-0.1, -0.05) is 12.1 Å². The molecule has 4 saturated heterocycles. The van der Waals surface area contributed by atoms with Crippen LogP contribution in [-0.4, -0.2) is 253 Å². The molecule has 4 fully saturated rings. The summed E-state index contributed by atoms with van der Waals surface area (Å²) in [4.78, 5) is 37.0. The Bertz CT molecular complexity index is 3290. The lowest BCUT2D eigenvalue weighted by Crippen LogP contribution is -2.65. The molecule has 1 aliphatic carbocycles. The van der Waals surface area contributed by atoms with Crippen molar-refractivity contribution in [2.45, 2.75) is 123 Å². The van der Waals surface area contributed by atoms with Gasteiger partial charge in [-0.25, -0.2) is 4.79 Å². The number of phenols is 4. The lowest BCUT2D eigenvalue weighted by atomic mass is 9.97. The van der Waals surface area contributed by atoms with Gasteiger partial charge in [0.1, 0.15) is 109 Å². The number of benzene rings is 4. The zero-order valence-electron chi connectivity index (χ0n) is 45.5. The monoisotopic (exact) mass is 1240 g/mol. The molecule has 3 aromatic carbocycles. The van der Waals surface area contributed by atoms with E-state index in [0.717, 1.165) is 36.4 Å². The molecule has 9 rings (SSSR count). The van der Waals surface area contributed by atoms with Crippen LogP contribution in [0, 0.1) is 0 Å².